The lowest BCUT2D eigenvalue weighted by atomic mass is 10.1. The summed E-state index contributed by atoms with van der Waals surface area (Å²) in [6.45, 7) is -5.98. The highest BCUT2D eigenvalue weighted by molar-refractivity contribution is 6.07. The van der Waals surface area contributed by atoms with Gasteiger partial charge in [-0.05, 0) is 35.9 Å². The number of carbonyl (C=O) groups is 1. The van der Waals surface area contributed by atoms with Crippen LogP contribution in [0.3, 0.4) is 0 Å². The van der Waals surface area contributed by atoms with Gasteiger partial charge in [0, 0.05) is 5.56 Å². The summed E-state index contributed by atoms with van der Waals surface area (Å²) in [4.78, 5) is 12.1. The number of methoxy groups -OCH3 is 1. The van der Waals surface area contributed by atoms with Crippen LogP contribution < -0.4 is 14.2 Å². The molecule has 0 spiro atoms. The van der Waals surface area contributed by atoms with Crippen molar-refractivity contribution in [2.45, 2.75) is 13.2 Å². The van der Waals surface area contributed by atoms with Crippen molar-refractivity contribution in [2.75, 3.05) is 7.11 Å². The maximum atomic E-state index is 12.3. The molecule has 0 atom stereocenters. The van der Waals surface area contributed by atoms with Crippen LogP contribution in [0.2, 0.25) is 0 Å². The van der Waals surface area contributed by atoms with Crippen molar-refractivity contribution in [1.82, 2.24) is 0 Å². The van der Waals surface area contributed by atoms with Crippen LogP contribution in [0.25, 0.3) is 6.08 Å². The van der Waals surface area contributed by atoms with Crippen LogP contribution >= 0.6 is 0 Å². The van der Waals surface area contributed by atoms with Gasteiger partial charge in [-0.2, -0.15) is 17.6 Å². The Hall–Kier alpha value is -3.03. The molecule has 0 saturated carbocycles. The SMILES string of the molecule is COc1cc(/C=C/C(=O)c2cccc(OC(F)F)c2)ccc1OC(F)F. The topological polar surface area (TPSA) is 44.8 Å². The molecule has 26 heavy (non-hydrogen) atoms. The zero-order valence-electron chi connectivity index (χ0n) is 13.5. The van der Waals surface area contributed by atoms with Crippen molar-refractivity contribution in [3.63, 3.8) is 0 Å². The Morgan fingerprint density at radius 1 is 0.962 bits per heavy atom. The van der Waals surface area contributed by atoms with Crippen molar-refractivity contribution in [3.8, 4) is 17.2 Å². The molecule has 0 unspecified atom stereocenters. The number of hydrogen-bond donors (Lipinski definition) is 0. The molecule has 0 radical (unpaired) electrons. The molecule has 4 nitrogen and oxygen atoms in total. The molecule has 0 aliphatic heterocycles. The average molecular weight is 370 g/mol. The van der Waals surface area contributed by atoms with Gasteiger partial charge in [0.15, 0.2) is 17.3 Å². The van der Waals surface area contributed by atoms with E-state index in [9.17, 15) is 22.4 Å². The lowest BCUT2D eigenvalue weighted by Gasteiger charge is -2.10. The minimum Gasteiger partial charge on any atom is -0.493 e. The molecule has 2 aromatic carbocycles. The number of ketones is 1. The molecule has 0 saturated heterocycles. The zero-order valence-corrected chi connectivity index (χ0v) is 13.5. The number of halogens is 4. The maximum Gasteiger partial charge on any atom is 0.387 e. The summed E-state index contributed by atoms with van der Waals surface area (Å²) in [5.41, 5.74) is 0.654. The first kappa shape index (κ1) is 19.3. The van der Waals surface area contributed by atoms with Gasteiger partial charge in [-0.25, -0.2) is 0 Å². The summed E-state index contributed by atoms with van der Waals surface area (Å²) in [5.74, 6) is -0.638. The Labute approximate surface area is 146 Å². The van der Waals surface area contributed by atoms with E-state index in [1.54, 1.807) is 0 Å². The molecule has 0 N–H and O–H groups in total. The van der Waals surface area contributed by atoms with Gasteiger partial charge in [0.25, 0.3) is 0 Å². The van der Waals surface area contributed by atoms with Crippen LogP contribution in [-0.2, 0) is 0 Å². The molecule has 0 amide bonds. The minimum atomic E-state index is -2.99. The summed E-state index contributed by atoms with van der Waals surface area (Å²) < 4.78 is 62.5. The number of alkyl halides is 4. The number of carbonyl (C=O) groups excluding carboxylic acids is 1. The molecule has 8 heteroatoms. The molecule has 0 aliphatic carbocycles. The van der Waals surface area contributed by atoms with E-state index in [0.29, 0.717) is 5.56 Å². The zero-order chi connectivity index (χ0) is 19.1. The Balaban J connectivity index is 2.15. The number of rotatable bonds is 8. The first-order chi connectivity index (χ1) is 12.4. The highest BCUT2D eigenvalue weighted by atomic mass is 19.3. The van der Waals surface area contributed by atoms with Crippen molar-refractivity contribution in [2.24, 2.45) is 0 Å². The Kier molecular flexibility index (Phi) is 6.60. The molecule has 0 fully saturated rings. The number of ether oxygens (including phenoxy) is 3. The summed E-state index contributed by atoms with van der Waals surface area (Å²) in [6, 6.07) is 9.52. The lowest BCUT2D eigenvalue weighted by molar-refractivity contribution is -0.0514. The van der Waals surface area contributed by atoms with Crippen molar-refractivity contribution >= 4 is 11.9 Å². The monoisotopic (exact) mass is 370 g/mol. The average Bonchev–Trinajstić information content (AvgIpc) is 2.59. The molecule has 0 aromatic heterocycles. The molecule has 2 aromatic rings. The highest BCUT2D eigenvalue weighted by Gasteiger charge is 2.11. The Morgan fingerprint density at radius 3 is 2.35 bits per heavy atom. The fourth-order valence-corrected chi connectivity index (χ4v) is 2.07. The normalized spacial score (nSPS) is 11.2. The van der Waals surface area contributed by atoms with Crippen LogP contribution in [0.1, 0.15) is 15.9 Å². The molecule has 0 bridgehead atoms. The number of benzene rings is 2. The van der Waals surface area contributed by atoms with Gasteiger partial charge in [0.2, 0.25) is 0 Å². The van der Waals surface area contributed by atoms with E-state index in [2.05, 4.69) is 9.47 Å². The van der Waals surface area contributed by atoms with E-state index in [0.717, 1.165) is 0 Å². The standard InChI is InChI=1S/C18H14F4O4/c1-24-16-9-11(6-8-15(16)26-18(21)22)5-7-14(23)12-3-2-4-13(10-12)25-17(19)20/h2-10,17-18H,1H3/b7-5+. The minimum absolute atomic E-state index is 0.0761. The fraction of sp³-hybridized carbons (Fsp3) is 0.167. The van der Waals surface area contributed by atoms with Crippen LogP contribution in [0, 0.1) is 0 Å². The van der Waals surface area contributed by atoms with E-state index in [1.807, 2.05) is 0 Å². The van der Waals surface area contributed by atoms with Crippen LogP contribution in [0.5, 0.6) is 17.2 Å². The molecule has 2 rings (SSSR count). The molecular formula is C18H14F4O4. The molecule has 138 valence electrons. The quantitative estimate of drug-likeness (QED) is 0.381. The lowest BCUT2D eigenvalue weighted by Crippen LogP contribution is -2.03. The highest BCUT2D eigenvalue weighted by Crippen LogP contribution is 2.30. The predicted octanol–water partition coefficient (Wildman–Crippen LogP) is 4.79. The van der Waals surface area contributed by atoms with Crippen LogP contribution in [0.4, 0.5) is 17.6 Å². The van der Waals surface area contributed by atoms with Crippen molar-refractivity contribution in [1.29, 1.82) is 0 Å². The van der Waals surface area contributed by atoms with Crippen LogP contribution in [-0.4, -0.2) is 26.1 Å². The van der Waals surface area contributed by atoms with Crippen molar-refractivity contribution < 1.29 is 36.6 Å². The summed E-state index contributed by atoms with van der Waals surface area (Å²) >= 11 is 0. The van der Waals surface area contributed by atoms with E-state index in [1.165, 1.54) is 61.7 Å². The molecule has 0 aliphatic rings. The van der Waals surface area contributed by atoms with E-state index < -0.39 is 19.0 Å². The van der Waals surface area contributed by atoms with Gasteiger partial charge in [0.05, 0.1) is 7.11 Å². The van der Waals surface area contributed by atoms with Crippen molar-refractivity contribution in [3.05, 3.63) is 59.7 Å². The Morgan fingerprint density at radius 2 is 1.69 bits per heavy atom. The van der Waals surface area contributed by atoms with Gasteiger partial charge >= 0.3 is 13.2 Å². The van der Waals surface area contributed by atoms with Crippen LogP contribution in [0.15, 0.2) is 48.5 Å². The smallest absolute Gasteiger partial charge is 0.387 e. The summed E-state index contributed by atoms with van der Waals surface area (Å²) in [6.07, 6.45) is 2.64. The van der Waals surface area contributed by atoms with E-state index in [-0.39, 0.29) is 22.8 Å². The number of hydrogen-bond acceptors (Lipinski definition) is 4. The maximum absolute atomic E-state index is 12.3. The summed E-state index contributed by atoms with van der Waals surface area (Å²) in [7, 11) is 1.29. The van der Waals surface area contributed by atoms with Gasteiger partial charge in [-0.15, -0.1) is 0 Å². The second-order valence-corrected chi connectivity index (χ2v) is 4.89. The molecular weight excluding hydrogens is 356 g/mol. The first-order valence-corrected chi connectivity index (χ1v) is 7.29. The second-order valence-electron chi connectivity index (χ2n) is 4.89. The summed E-state index contributed by atoms with van der Waals surface area (Å²) in [5, 5.41) is 0. The van der Waals surface area contributed by atoms with Gasteiger partial charge in [-0.1, -0.05) is 24.3 Å². The number of allylic oxidation sites excluding steroid dienone is 1. The predicted molar refractivity (Wildman–Crippen MR) is 86.1 cm³/mol. The third-order valence-electron chi connectivity index (χ3n) is 3.17. The third kappa shape index (κ3) is 5.51. The van der Waals surface area contributed by atoms with Gasteiger partial charge in [-0.3, -0.25) is 4.79 Å². The third-order valence-corrected chi connectivity index (χ3v) is 3.17. The first-order valence-electron chi connectivity index (χ1n) is 7.29. The van der Waals surface area contributed by atoms with Gasteiger partial charge in [0.1, 0.15) is 5.75 Å². The van der Waals surface area contributed by atoms with E-state index in [4.69, 9.17) is 4.74 Å². The van der Waals surface area contributed by atoms with E-state index >= 15 is 0 Å². The largest absolute Gasteiger partial charge is 0.493 e. The molecule has 0 heterocycles. The van der Waals surface area contributed by atoms with Gasteiger partial charge < -0.3 is 14.2 Å². The Bertz CT molecular complexity index is 791. The second kappa shape index (κ2) is 8.89. The fourth-order valence-electron chi connectivity index (χ4n) is 2.07.